The molecular weight excluding hydrogens is 314 g/mol. The lowest BCUT2D eigenvalue weighted by Gasteiger charge is -2.36. The average molecular weight is 345 g/mol. The highest BCUT2D eigenvalue weighted by atomic mass is 16.5. The number of pyridine rings is 1. The zero-order valence-corrected chi connectivity index (χ0v) is 15.8. The molecule has 0 spiro atoms. The summed E-state index contributed by atoms with van der Waals surface area (Å²) in [5, 5.41) is 3.05. The van der Waals surface area contributed by atoms with Crippen LogP contribution >= 0.6 is 0 Å². The highest BCUT2D eigenvalue weighted by Crippen LogP contribution is 2.40. The molecular formula is C20H31N3O2. The third kappa shape index (κ3) is 4.72. The molecule has 3 rings (SSSR count). The van der Waals surface area contributed by atoms with Crippen LogP contribution in [0.5, 0.6) is 0 Å². The van der Waals surface area contributed by atoms with E-state index in [0.717, 1.165) is 69.4 Å². The van der Waals surface area contributed by atoms with Crippen LogP contribution in [-0.2, 0) is 9.53 Å². The molecule has 1 amide bonds. The average Bonchev–Trinajstić information content (AvgIpc) is 2.62. The van der Waals surface area contributed by atoms with Crippen molar-refractivity contribution >= 4 is 17.4 Å². The second-order valence-electron chi connectivity index (χ2n) is 8.41. The fourth-order valence-corrected chi connectivity index (χ4v) is 3.91. The van der Waals surface area contributed by atoms with Crippen LogP contribution in [0.2, 0.25) is 0 Å². The highest BCUT2D eigenvalue weighted by molar-refractivity contribution is 5.92. The third-order valence-corrected chi connectivity index (χ3v) is 5.67. The number of rotatable bonds is 3. The Morgan fingerprint density at radius 2 is 1.84 bits per heavy atom. The van der Waals surface area contributed by atoms with E-state index in [1.165, 1.54) is 0 Å². The predicted molar refractivity (Wildman–Crippen MR) is 101 cm³/mol. The molecule has 0 bridgehead atoms. The van der Waals surface area contributed by atoms with Gasteiger partial charge in [0.15, 0.2) is 0 Å². The van der Waals surface area contributed by atoms with Crippen molar-refractivity contribution in [2.45, 2.75) is 46.5 Å². The van der Waals surface area contributed by atoms with Gasteiger partial charge in [-0.1, -0.05) is 20.8 Å². The second kappa shape index (κ2) is 7.73. The molecule has 2 heterocycles. The van der Waals surface area contributed by atoms with E-state index < -0.39 is 0 Å². The van der Waals surface area contributed by atoms with Gasteiger partial charge in [0.2, 0.25) is 5.91 Å². The lowest BCUT2D eigenvalue weighted by atomic mass is 9.69. The molecule has 1 N–H and O–H groups in total. The summed E-state index contributed by atoms with van der Waals surface area (Å²) in [5.74, 6) is 1.96. The molecule has 5 heteroatoms. The maximum atomic E-state index is 12.5. The smallest absolute Gasteiger partial charge is 0.227 e. The minimum atomic E-state index is 0.137. The standard InChI is InChI=1S/C20H31N3O2/c1-20(2,3)16-6-4-15(5-7-16)19(24)22-17-8-9-18(21-14-17)23-10-12-25-13-11-23/h8-9,14-16H,4-7,10-13H2,1-3H3,(H,22,24). The Hall–Kier alpha value is -1.62. The first-order valence-electron chi connectivity index (χ1n) is 9.53. The molecule has 5 nitrogen and oxygen atoms in total. The topological polar surface area (TPSA) is 54.5 Å². The summed E-state index contributed by atoms with van der Waals surface area (Å²) in [6.07, 6.45) is 6.05. The summed E-state index contributed by atoms with van der Waals surface area (Å²) in [6.45, 7) is 10.2. The third-order valence-electron chi connectivity index (χ3n) is 5.67. The van der Waals surface area contributed by atoms with Gasteiger partial charge in [0.05, 0.1) is 25.1 Å². The van der Waals surface area contributed by atoms with Crippen molar-refractivity contribution in [1.29, 1.82) is 0 Å². The molecule has 1 aliphatic heterocycles. The van der Waals surface area contributed by atoms with Crippen LogP contribution in [0.15, 0.2) is 18.3 Å². The molecule has 0 aromatic carbocycles. The summed E-state index contributed by atoms with van der Waals surface area (Å²) in [7, 11) is 0. The van der Waals surface area contributed by atoms with Crippen molar-refractivity contribution in [3.05, 3.63) is 18.3 Å². The van der Waals surface area contributed by atoms with Crippen molar-refractivity contribution < 1.29 is 9.53 Å². The van der Waals surface area contributed by atoms with Crippen LogP contribution in [0.1, 0.15) is 46.5 Å². The molecule has 0 radical (unpaired) electrons. The van der Waals surface area contributed by atoms with Gasteiger partial charge >= 0.3 is 0 Å². The number of amides is 1. The SMILES string of the molecule is CC(C)(C)C1CCC(C(=O)Nc2ccc(N3CCOCC3)nc2)CC1. The maximum Gasteiger partial charge on any atom is 0.227 e. The van der Waals surface area contributed by atoms with Crippen molar-refractivity contribution in [1.82, 2.24) is 4.98 Å². The molecule has 0 atom stereocenters. The number of carbonyl (C=O) groups excluding carboxylic acids is 1. The van der Waals surface area contributed by atoms with E-state index in [4.69, 9.17) is 4.74 Å². The zero-order chi connectivity index (χ0) is 17.9. The van der Waals surface area contributed by atoms with E-state index in [-0.39, 0.29) is 11.8 Å². The highest BCUT2D eigenvalue weighted by Gasteiger charge is 2.32. The van der Waals surface area contributed by atoms with E-state index >= 15 is 0 Å². The fraction of sp³-hybridized carbons (Fsp3) is 0.700. The van der Waals surface area contributed by atoms with E-state index in [0.29, 0.717) is 5.41 Å². The summed E-state index contributed by atoms with van der Waals surface area (Å²) in [4.78, 5) is 19.3. The number of carbonyl (C=O) groups is 1. The summed E-state index contributed by atoms with van der Waals surface area (Å²) >= 11 is 0. The van der Waals surface area contributed by atoms with Crippen LogP contribution in [0.25, 0.3) is 0 Å². The second-order valence-corrected chi connectivity index (χ2v) is 8.41. The Kier molecular flexibility index (Phi) is 5.62. The van der Waals surface area contributed by atoms with Crippen LogP contribution in [0, 0.1) is 17.3 Å². The molecule has 25 heavy (non-hydrogen) atoms. The Balaban J connectivity index is 1.51. The van der Waals surface area contributed by atoms with Crippen molar-refractivity contribution in [3.63, 3.8) is 0 Å². The summed E-state index contributed by atoms with van der Waals surface area (Å²) in [5.41, 5.74) is 1.14. The number of nitrogens with zero attached hydrogens (tertiary/aromatic N) is 2. The van der Waals surface area contributed by atoms with Gasteiger partial charge in [0, 0.05) is 19.0 Å². The molecule has 138 valence electrons. The Morgan fingerprint density at radius 3 is 2.40 bits per heavy atom. The number of ether oxygens (including phenoxy) is 1. The molecule has 2 fully saturated rings. The van der Waals surface area contributed by atoms with Gasteiger partial charge in [-0.15, -0.1) is 0 Å². The Labute approximate surface area is 151 Å². The van der Waals surface area contributed by atoms with Gasteiger partial charge in [-0.2, -0.15) is 0 Å². The predicted octanol–water partition coefficient (Wildman–Crippen LogP) is 3.71. The van der Waals surface area contributed by atoms with Crippen molar-refractivity contribution in [2.24, 2.45) is 17.3 Å². The Bertz CT molecular complexity index is 566. The summed E-state index contributed by atoms with van der Waals surface area (Å²) in [6, 6.07) is 3.94. The molecule has 1 aromatic rings. The molecule has 0 unspecified atom stereocenters. The zero-order valence-electron chi connectivity index (χ0n) is 15.8. The molecule has 1 aromatic heterocycles. The lowest BCUT2D eigenvalue weighted by molar-refractivity contribution is -0.121. The van der Waals surface area contributed by atoms with E-state index in [2.05, 4.69) is 36.0 Å². The van der Waals surface area contributed by atoms with Gasteiger partial charge in [0.1, 0.15) is 5.82 Å². The van der Waals surface area contributed by atoms with Crippen LogP contribution in [0.4, 0.5) is 11.5 Å². The number of anilines is 2. The Morgan fingerprint density at radius 1 is 1.16 bits per heavy atom. The quantitative estimate of drug-likeness (QED) is 0.907. The number of nitrogens with one attached hydrogen (secondary N) is 1. The number of hydrogen-bond acceptors (Lipinski definition) is 4. The number of morpholine rings is 1. The van der Waals surface area contributed by atoms with Gasteiger partial charge in [0.25, 0.3) is 0 Å². The minimum Gasteiger partial charge on any atom is -0.378 e. The van der Waals surface area contributed by atoms with Gasteiger partial charge in [-0.05, 0) is 49.1 Å². The van der Waals surface area contributed by atoms with Crippen LogP contribution < -0.4 is 10.2 Å². The minimum absolute atomic E-state index is 0.137. The van der Waals surface area contributed by atoms with Crippen LogP contribution in [-0.4, -0.2) is 37.2 Å². The lowest BCUT2D eigenvalue weighted by Crippen LogP contribution is -2.36. The van der Waals surface area contributed by atoms with E-state index in [1.54, 1.807) is 6.20 Å². The first-order chi connectivity index (χ1) is 11.9. The maximum absolute atomic E-state index is 12.5. The van der Waals surface area contributed by atoms with Gasteiger partial charge < -0.3 is 15.0 Å². The van der Waals surface area contributed by atoms with Crippen molar-refractivity contribution in [3.8, 4) is 0 Å². The summed E-state index contributed by atoms with van der Waals surface area (Å²) < 4.78 is 5.37. The van der Waals surface area contributed by atoms with Gasteiger partial charge in [-0.25, -0.2) is 4.98 Å². The first kappa shape index (κ1) is 18.2. The van der Waals surface area contributed by atoms with Crippen LogP contribution in [0.3, 0.4) is 0 Å². The van der Waals surface area contributed by atoms with Crippen molar-refractivity contribution in [2.75, 3.05) is 36.5 Å². The van der Waals surface area contributed by atoms with Gasteiger partial charge in [-0.3, -0.25) is 4.79 Å². The van der Waals surface area contributed by atoms with E-state index in [9.17, 15) is 4.79 Å². The molecule has 1 aliphatic carbocycles. The monoisotopic (exact) mass is 345 g/mol. The molecule has 2 aliphatic rings. The molecule has 1 saturated carbocycles. The number of aromatic nitrogens is 1. The first-order valence-corrected chi connectivity index (χ1v) is 9.53. The number of hydrogen-bond donors (Lipinski definition) is 1. The normalized spacial score (nSPS) is 24.8. The fourth-order valence-electron chi connectivity index (χ4n) is 3.91. The largest absolute Gasteiger partial charge is 0.378 e. The molecule has 1 saturated heterocycles. The van der Waals surface area contributed by atoms with E-state index in [1.807, 2.05) is 12.1 Å².